The quantitative estimate of drug-likeness (QED) is 0.459. The van der Waals surface area contributed by atoms with Gasteiger partial charge in [0.15, 0.2) is 0 Å². The van der Waals surface area contributed by atoms with Crippen molar-refractivity contribution in [2.24, 2.45) is 0 Å². The van der Waals surface area contributed by atoms with Gasteiger partial charge in [0.1, 0.15) is 5.60 Å². The predicted molar refractivity (Wildman–Crippen MR) is 118 cm³/mol. The molecule has 0 radical (unpaired) electrons. The smallest absolute Gasteiger partial charge is 0.407 e. The summed E-state index contributed by atoms with van der Waals surface area (Å²) in [4.78, 5) is 24.6. The van der Waals surface area contributed by atoms with Gasteiger partial charge in [-0.15, -0.1) is 0 Å². The number of alkyl carbamates (subject to hydrolysis) is 1. The molecule has 1 aliphatic heterocycles. The van der Waals surface area contributed by atoms with Gasteiger partial charge in [0.2, 0.25) is 0 Å². The first kappa shape index (κ1) is 20.9. The van der Waals surface area contributed by atoms with Crippen LogP contribution in [-0.2, 0) is 9.53 Å². The molecule has 29 heavy (non-hydrogen) atoms. The molecule has 0 aromatic heterocycles. The molecule has 0 unspecified atom stereocenters. The molecule has 0 fully saturated rings. The van der Waals surface area contributed by atoms with Crippen LogP contribution < -0.4 is 16.0 Å². The van der Waals surface area contributed by atoms with Crippen LogP contribution in [0.15, 0.2) is 53.0 Å². The number of carbonyl (C=O) groups excluding carboxylic acids is 2. The summed E-state index contributed by atoms with van der Waals surface area (Å²) in [5, 5.41) is 8.95. The molecule has 0 bridgehead atoms. The molecule has 0 aliphatic carbocycles. The number of hydrogen-bond acceptors (Lipinski definition) is 4. The van der Waals surface area contributed by atoms with Gasteiger partial charge in [-0.1, -0.05) is 46.3 Å². The van der Waals surface area contributed by atoms with Crippen LogP contribution in [0.25, 0.3) is 11.3 Å². The molecule has 0 spiro atoms. The minimum Gasteiger partial charge on any atom is -0.444 e. The lowest BCUT2D eigenvalue weighted by atomic mass is 10.0. The maximum atomic E-state index is 12.7. The fourth-order valence-electron chi connectivity index (χ4n) is 2.99. The molecule has 152 valence electrons. The van der Waals surface area contributed by atoms with Crippen molar-refractivity contribution < 1.29 is 14.3 Å². The Hall–Kier alpha value is -2.80. The van der Waals surface area contributed by atoms with Gasteiger partial charge in [0.05, 0.1) is 11.3 Å². The van der Waals surface area contributed by atoms with Crippen molar-refractivity contribution in [1.29, 1.82) is 0 Å². The van der Waals surface area contributed by atoms with Gasteiger partial charge in [-0.2, -0.15) is 0 Å². The highest BCUT2D eigenvalue weighted by atomic mass is 79.9. The molecule has 2 aromatic rings. The van der Waals surface area contributed by atoms with Crippen molar-refractivity contribution >= 4 is 44.9 Å². The van der Waals surface area contributed by atoms with E-state index in [-0.39, 0.29) is 5.91 Å². The lowest BCUT2D eigenvalue weighted by Gasteiger charge is -2.20. The molecule has 0 saturated heterocycles. The Morgan fingerprint density at radius 2 is 1.76 bits per heavy atom. The maximum Gasteiger partial charge on any atom is 0.407 e. The van der Waals surface area contributed by atoms with Crippen LogP contribution >= 0.6 is 15.9 Å². The summed E-state index contributed by atoms with van der Waals surface area (Å²) in [7, 11) is 0. The number of halogens is 1. The predicted octanol–water partition coefficient (Wildman–Crippen LogP) is 4.38. The Labute approximate surface area is 178 Å². The van der Waals surface area contributed by atoms with E-state index in [1.165, 1.54) is 0 Å². The Morgan fingerprint density at radius 1 is 1.07 bits per heavy atom. The zero-order valence-corrected chi connectivity index (χ0v) is 18.2. The molecule has 0 saturated carbocycles. The summed E-state index contributed by atoms with van der Waals surface area (Å²) in [5.41, 5.74) is 3.23. The average molecular weight is 458 g/mol. The van der Waals surface area contributed by atoms with E-state index in [9.17, 15) is 9.59 Å². The molecule has 3 rings (SSSR count). The zero-order chi connectivity index (χ0) is 21.0. The summed E-state index contributed by atoms with van der Waals surface area (Å²) in [6.45, 7) is 6.24. The van der Waals surface area contributed by atoms with E-state index in [0.717, 1.165) is 21.3 Å². The number of nitrogens with one attached hydrogen (secondary N) is 3. The van der Waals surface area contributed by atoms with Gasteiger partial charge >= 0.3 is 6.09 Å². The third-order valence-electron chi connectivity index (χ3n) is 4.13. The lowest BCUT2D eigenvalue weighted by Crippen LogP contribution is -2.36. The number of benzene rings is 2. The Kier molecular flexibility index (Phi) is 6.27. The summed E-state index contributed by atoms with van der Waals surface area (Å²) in [6, 6.07) is 15.3. The fraction of sp³-hybridized carbons (Fsp3) is 0.273. The molecule has 2 aromatic carbocycles. The molecule has 0 atom stereocenters. The lowest BCUT2D eigenvalue weighted by molar-refractivity contribution is -0.110. The molecule has 6 nitrogen and oxygen atoms in total. The second-order valence-corrected chi connectivity index (χ2v) is 8.53. The van der Waals surface area contributed by atoms with Gasteiger partial charge in [-0.25, -0.2) is 4.79 Å². The van der Waals surface area contributed by atoms with E-state index in [1.54, 1.807) is 0 Å². The summed E-state index contributed by atoms with van der Waals surface area (Å²) in [6.07, 6.45) is -0.471. The normalized spacial score (nSPS) is 14.7. The molecular weight excluding hydrogens is 434 g/mol. The third-order valence-corrected chi connectivity index (χ3v) is 4.63. The Bertz CT molecular complexity index is 950. The van der Waals surface area contributed by atoms with Crippen molar-refractivity contribution in [2.75, 3.05) is 18.4 Å². The van der Waals surface area contributed by atoms with Crippen LogP contribution in [-0.4, -0.2) is 30.7 Å². The maximum absolute atomic E-state index is 12.7. The van der Waals surface area contributed by atoms with Gasteiger partial charge in [0.25, 0.3) is 5.91 Å². The molecule has 7 heteroatoms. The van der Waals surface area contributed by atoms with Crippen LogP contribution in [0.2, 0.25) is 0 Å². The van der Waals surface area contributed by atoms with Crippen LogP contribution in [0, 0.1) is 0 Å². The van der Waals surface area contributed by atoms with E-state index in [1.807, 2.05) is 69.3 Å². The summed E-state index contributed by atoms with van der Waals surface area (Å²) >= 11 is 3.48. The number of carbonyl (C=O) groups is 2. The van der Waals surface area contributed by atoms with Crippen LogP contribution in [0.3, 0.4) is 0 Å². The van der Waals surface area contributed by atoms with Crippen LogP contribution in [0.5, 0.6) is 0 Å². The number of hydrogen-bond donors (Lipinski definition) is 3. The monoisotopic (exact) mass is 457 g/mol. The van der Waals surface area contributed by atoms with E-state index in [2.05, 4.69) is 31.9 Å². The Morgan fingerprint density at radius 3 is 2.45 bits per heavy atom. The van der Waals surface area contributed by atoms with E-state index in [4.69, 9.17) is 4.74 Å². The minimum atomic E-state index is -0.548. The van der Waals surface area contributed by atoms with Crippen LogP contribution in [0.1, 0.15) is 31.9 Å². The van der Waals surface area contributed by atoms with E-state index < -0.39 is 11.7 Å². The third kappa shape index (κ3) is 5.38. The first-order valence-electron chi connectivity index (χ1n) is 9.36. The van der Waals surface area contributed by atoms with Gasteiger partial charge in [0, 0.05) is 28.8 Å². The first-order valence-corrected chi connectivity index (χ1v) is 10.2. The van der Waals surface area contributed by atoms with Crippen molar-refractivity contribution in [1.82, 2.24) is 10.6 Å². The van der Waals surface area contributed by atoms with Crippen molar-refractivity contribution in [3.63, 3.8) is 0 Å². The molecule has 1 heterocycles. The standard InChI is InChI=1S/C22H24BrN3O3/c1-22(2,3)29-21(28)25-12-11-24-19(14-7-5-4-6-8-14)18-16-13-15(23)9-10-17(16)26-20(18)27/h4-10,13,24H,11-12H2,1-3H3,(H,25,28)(H,26,27)/b19-18-. The van der Waals surface area contributed by atoms with E-state index in [0.29, 0.717) is 24.4 Å². The first-order chi connectivity index (χ1) is 13.7. The van der Waals surface area contributed by atoms with E-state index >= 15 is 0 Å². The number of anilines is 1. The highest BCUT2D eigenvalue weighted by molar-refractivity contribution is 9.10. The van der Waals surface area contributed by atoms with Gasteiger partial charge in [-0.3, -0.25) is 4.79 Å². The summed E-state index contributed by atoms with van der Waals surface area (Å²) in [5.74, 6) is -0.162. The molecule has 1 aliphatic rings. The van der Waals surface area contributed by atoms with Crippen molar-refractivity contribution in [2.45, 2.75) is 26.4 Å². The number of rotatable bonds is 5. The largest absolute Gasteiger partial charge is 0.444 e. The molecule has 3 N–H and O–H groups in total. The second kappa shape index (κ2) is 8.69. The van der Waals surface area contributed by atoms with Gasteiger partial charge in [-0.05, 0) is 44.5 Å². The highest BCUT2D eigenvalue weighted by Gasteiger charge is 2.28. The summed E-state index contributed by atoms with van der Waals surface area (Å²) < 4.78 is 6.14. The number of amides is 2. The SMILES string of the molecule is CC(C)(C)OC(=O)NCCN/C(=C1\C(=O)Nc2ccc(Br)cc21)c1ccccc1. The topological polar surface area (TPSA) is 79.5 Å². The Balaban J connectivity index is 1.83. The minimum absolute atomic E-state index is 0.162. The zero-order valence-electron chi connectivity index (χ0n) is 16.6. The fourth-order valence-corrected chi connectivity index (χ4v) is 3.35. The van der Waals surface area contributed by atoms with Crippen molar-refractivity contribution in [3.8, 4) is 0 Å². The van der Waals surface area contributed by atoms with Gasteiger partial charge < -0.3 is 20.7 Å². The number of fused-ring (bicyclic) bond motifs is 1. The van der Waals surface area contributed by atoms with Crippen LogP contribution in [0.4, 0.5) is 10.5 Å². The average Bonchev–Trinajstić information content (AvgIpc) is 2.96. The second-order valence-electron chi connectivity index (χ2n) is 7.62. The molecule has 2 amide bonds. The van der Waals surface area contributed by atoms with Crippen molar-refractivity contribution in [3.05, 3.63) is 64.1 Å². The number of ether oxygens (including phenoxy) is 1. The highest BCUT2D eigenvalue weighted by Crippen LogP contribution is 2.37. The molecular formula is C22H24BrN3O3.